The van der Waals surface area contributed by atoms with Crippen LogP contribution in [0.3, 0.4) is 0 Å². The average Bonchev–Trinajstić information content (AvgIpc) is 2.46. The fourth-order valence-electron chi connectivity index (χ4n) is 2.19. The lowest BCUT2D eigenvalue weighted by atomic mass is 10.0. The Kier molecular flexibility index (Phi) is 4.73. The van der Waals surface area contributed by atoms with E-state index in [1.54, 1.807) is 12.1 Å². The van der Waals surface area contributed by atoms with Crippen molar-refractivity contribution in [2.75, 3.05) is 0 Å². The van der Waals surface area contributed by atoms with Gasteiger partial charge in [-0.25, -0.2) is 0 Å². The third kappa shape index (κ3) is 3.95. The van der Waals surface area contributed by atoms with E-state index >= 15 is 0 Å². The summed E-state index contributed by atoms with van der Waals surface area (Å²) in [6.45, 7) is 3.89. The van der Waals surface area contributed by atoms with E-state index in [2.05, 4.69) is 30.8 Å². The lowest BCUT2D eigenvalue weighted by Gasteiger charge is -2.16. The van der Waals surface area contributed by atoms with Gasteiger partial charge in [0, 0.05) is 24.5 Å². The van der Waals surface area contributed by atoms with Gasteiger partial charge in [-0.2, -0.15) is 0 Å². The van der Waals surface area contributed by atoms with Gasteiger partial charge in [0.25, 0.3) is 0 Å². The highest BCUT2D eigenvalue weighted by atomic mass is 16.1. The summed E-state index contributed by atoms with van der Waals surface area (Å²) in [6, 6.07) is 13.9. The van der Waals surface area contributed by atoms with Crippen LogP contribution in [0.5, 0.6) is 0 Å². The fourth-order valence-corrected chi connectivity index (χ4v) is 2.19. The smallest absolute Gasteiger partial charge is 0.181 e. The van der Waals surface area contributed by atoms with Gasteiger partial charge in [-0.05, 0) is 24.8 Å². The zero-order chi connectivity index (χ0) is 13.5. The second kappa shape index (κ2) is 6.74. The van der Waals surface area contributed by atoms with Gasteiger partial charge in [-0.1, -0.05) is 36.4 Å². The first-order valence-corrected chi connectivity index (χ1v) is 6.64. The van der Waals surface area contributed by atoms with Crippen LogP contribution in [0.4, 0.5) is 0 Å². The van der Waals surface area contributed by atoms with E-state index in [1.807, 2.05) is 29.1 Å². The van der Waals surface area contributed by atoms with E-state index in [-0.39, 0.29) is 11.5 Å². The Bertz CT molecular complexity index is 551. The van der Waals surface area contributed by atoms with Gasteiger partial charge in [-0.15, -0.1) is 6.58 Å². The molecule has 0 amide bonds. The maximum atomic E-state index is 11.1. The predicted octanol–water partition coefficient (Wildman–Crippen LogP) is 3.60. The molecule has 98 valence electrons. The number of hydrogen-bond acceptors (Lipinski definition) is 1. The summed E-state index contributed by atoms with van der Waals surface area (Å²) >= 11 is 0. The highest BCUT2D eigenvalue weighted by molar-refractivity contribution is 5.14. The maximum Gasteiger partial charge on any atom is 0.181 e. The normalized spacial score (nSPS) is 12.0. The minimum atomic E-state index is 0.0448. The molecule has 2 rings (SSSR count). The Balaban J connectivity index is 1.91. The molecule has 1 aromatic carbocycles. The van der Waals surface area contributed by atoms with Crippen LogP contribution < -0.4 is 5.43 Å². The molecule has 0 fully saturated rings. The van der Waals surface area contributed by atoms with Gasteiger partial charge in [0.2, 0.25) is 0 Å². The number of pyridine rings is 1. The van der Waals surface area contributed by atoms with Gasteiger partial charge in [0.15, 0.2) is 5.43 Å². The Morgan fingerprint density at radius 1 is 1.11 bits per heavy atom. The van der Waals surface area contributed by atoms with Crippen molar-refractivity contribution in [3.63, 3.8) is 0 Å². The van der Waals surface area contributed by atoms with Crippen LogP contribution in [0.2, 0.25) is 0 Å². The standard InChI is InChI=1S/C17H19NO/c1-2-16(18-13-11-17(19)12-14-18)10-6-9-15-7-4-3-5-8-15/h2-5,7-8,11-14,16H,1,6,9-10H2. The van der Waals surface area contributed by atoms with Crippen molar-refractivity contribution >= 4 is 0 Å². The molecule has 1 heterocycles. The number of hydrogen-bond donors (Lipinski definition) is 0. The number of rotatable bonds is 6. The summed E-state index contributed by atoms with van der Waals surface area (Å²) in [6.07, 6.45) is 8.81. The summed E-state index contributed by atoms with van der Waals surface area (Å²) in [5.74, 6) is 0. The topological polar surface area (TPSA) is 22.0 Å². The summed E-state index contributed by atoms with van der Waals surface area (Å²) in [7, 11) is 0. The molecule has 2 aromatic rings. The van der Waals surface area contributed by atoms with Gasteiger partial charge >= 0.3 is 0 Å². The molecular weight excluding hydrogens is 234 g/mol. The number of aromatic nitrogens is 1. The first-order chi connectivity index (χ1) is 9.29. The molecule has 1 atom stereocenters. The lowest BCUT2D eigenvalue weighted by molar-refractivity contribution is 0.532. The van der Waals surface area contributed by atoms with E-state index in [0.29, 0.717) is 0 Å². The van der Waals surface area contributed by atoms with Crippen LogP contribution >= 0.6 is 0 Å². The second-order valence-corrected chi connectivity index (χ2v) is 4.66. The molecule has 0 bridgehead atoms. The van der Waals surface area contributed by atoms with E-state index in [0.717, 1.165) is 19.3 Å². The zero-order valence-electron chi connectivity index (χ0n) is 11.0. The molecule has 0 saturated carbocycles. The quantitative estimate of drug-likeness (QED) is 0.721. The third-order valence-electron chi connectivity index (χ3n) is 3.29. The molecule has 0 aliphatic carbocycles. The molecule has 0 saturated heterocycles. The largest absolute Gasteiger partial charge is 0.347 e. The molecule has 19 heavy (non-hydrogen) atoms. The first kappa shape index (κ1) is 13.3. The highest BCUT2D eigenvalue weighted by Crippen LogP contribution is 2.16. The van der Waals surface area contributed by atoms with Crippen LogP contribution in [0.15, 0.2) is 72.3 Å². The molecule has 2 nitrogen and oxygen atoms in total. The monoisotopic (exact) mass is 253 g/mol. The van der Waals surface area contributed by atoms with Crippen LogP contribution in [0.25, 0.3) is 0 Å². The SMILES string of the molecule is C=CC(CCCc1ccccc1)n1ccc(=O)cc1. The van der Waals surface area contributed by atoms with Crippen LogP contribution in [0, 0.1) is 0 Å². The summed E-state index contributed by atoms with van der Waals surface area (Å²) < 4.78 is 2.04. The Labute approximate surface area is 114 Å². The number of benzene rings is 1. The van der Waals surface area contributed by atoms with E-state index < -0.39 is 0 Å². The lowest BCUT2D eigenvalue weighted by Crippen LogP contribution is -2.09. The predicted molar refractivity (Wildman–Crippen MR) is 79.3 cm³/mol. The molecule has 0 aliphatic heterocycles. The number of aryl methyl sites for hydroxylation is 1. The summed E-state index contributed by atoms with van der Waals surface area (Å²) in [5.41, 5.74) is 1.41. The van der Waals surface area contributed by atoms with Crippen molar-refractivity contribution < 1.29 is 0 Å². The summed E-state index contributed by atoms with van der Waals surface area (Å²) in [4.78, 5) is 11.1. The van der Waals surface area contributed by atoms with Gasteiger partial charge in [-0.3, -0.25) is 4.79 Å². The first-order valence-electron chi connectivity index (χ1n) is 6.64. The summed E-state index contributed by atoms with van der Waals surface area (Å²) in [5, 5.41) is 0. The van der Waals surface area contributed by atoms with Gasteiger partial charge < -0.3 is 4.57 Å². The molecule has 0 spiro atoms. The number of nitrogens with zero attached hydrogens (tertiary/aromatic N) is 1. The van der Waals surface area contributed by atoms with Crippen molar-refractivity contribution in [2.24, 2.45) is 0 Å². The van der Waals surface area contributed by atoms with Crippen molar-refractivity contribution in [3.8, 4) is 0 Å². The van der Waals surface area contributed by atoms with Crippen molar-refractivity contribution in [3.05, 3.63) is 83.3 Å². The van der Waals surface area contributed by atoms with Crippen molar-refractivity contribution in [1.29, 1.82) is 0 Å². The van der Waals surface area contributed by atoms with E-state index in [1.165, 1.54) is 5.56 Å². The molecule has 2 heteroatoms. The molecule has 1 unspecified atom stereocenters. The van der Waals surface area contributed by atoms with Crippen LogP contribution in [-0.2, 0) is 6.42 Å². The minimum Gasteiger partial charge on any atom is -0.347 e. The Morgan fingerprint density at radius 2 is 1.79 bits per heavy atom. The van der Waals surface area contributed by atoms with Crippen molar-refractivity contribution in [2.45, 2.75) is 25.3 Å². The van der Waals surface area contributed by atoms with Crippen LogP contribution in [0.1, 0.15) is 24.4 Å². The average molecular weight is 253 g/mol. The maximum absolute atomic E-state index is 11.1. The fraction of sp³-hybridized carbons (Fsp3) is 0.235. The minimum absolute atomic E-state index is 0.0448. The molecule has 0 aliphatic rings. The molecular formula is C17H19NO. The van der Waals surface area contributed by atoms with Crippen LogP contribution in [-0.4, -0.2) is 4.57 Å². The Morgan fingerprint density at radius 3 is 2.42 bits per heavy atom. The Hall–Kier alpha value is -2.09. The highest BCUT2D eigenvalue weighted by Gasteiger charge is 2.04. The van der Waals surface area contributed by atoms with E-state index in [9.17, 15) is 4.79 Å². The van der Waals surface area contributed by atoms with E-state index in [4.69, 9.17) is 0 Å². The molecule has 0 radical (unpaired) electrons. The third-order valence-corrected chi connectivity index (χ3v) is 3.29. The molecule has 0 N–H and O–H groups in total. The van der Waals surface area contributed by atoms with Gasteiger partial charge in [0.05, 0.1) is 6.04 Å². The second-order valence-electron chi connectivity index (χ2n) is 4.66. The zero-order valence-corrected chi connectivity index (χ0v) is 11.0. The van der Waals surface area contributed by atoms with Crippen molar-refractivity contribution in [1.82, 2.24) is 4.57 Å². The molecule has 1 aromatic heterocycles. The number of allylic oxidation sites excluding steroid dienone is 1. The van der Waals surface area contributed by atoms with Gasteiger partial charge in [0.1, 0.15) is 0 Å².